The van der Waals surface area contributed by atoms with Crippen molar-refractivity contribution in [3.05, 3.63) is 41.5 Å². The van der Waals surface area contributed by atoms with Crippen LogP contribution in [0.25, 0.3) is 4.41 Å². The predicted molar refractivity (Wildman–Crippen MR) is 93.0 cm³/mol. The summed E-state index contributed by atoms with van der Waals surface area (Å²) in [6, 6.07) is 10.2. The summed E-state index contributed by atoms with van der Waals surface area (Å²) in [5, 5.41) is 13.2. The Morgan fingerprint density at radius 3 is 1.86 bits per heavy atom. The first-order chi connectivity index (χ1) is 9.93. The Hall–Kier alpha value is -1.03. The molecule has 116 valence electrons. The van der Waals surface area contributed by atoms with E-state index in [0.29, 0.717) is 5.57 Å². The Morgan fingerprint density at radius 1 is 1.05 bits per heavy atom. The van der Waals surface area contributed by atoms with Crippen LogP contribution in [0.15, 0.2) is 35.9 Å². The van der Waals surface area contributed by atoms with Crippen molar-refractivity contribution in [2.75, 3.05) is 0 Å². The molecule has 0 heterocycles. The van der Waals surface area contributed by atoms with E-state index in [1.165, 1.54) is 4.41 Å². The number of rotatable bonds is 7. The van der Waals surface area contributed by atoms with Gasteiger partial charge in [0, 0.05) is 0 Å². The zero-order valence-corrected chi connectivity index (χ0v) is 16.0. The molecule has 0 unspecified atom stereocenters. The van der Waals surface area contributed by atoms with Gasteiger partial charge in [0.2, 0.25) is 0 Å². The predicted octanol–water partition coefficient (Wildman–Crippen LogP) is 5.23. The molecule has 21 heavy (non-hydrogen) atoms. The number of carboxylic acid groups (broad SMARTS) is 1. The Bertz CT molecular complexity index is 491. The third-order valence-electron chi connectivity index (χ3n) is 4.70. The van der Waals surface area contributed by atoms with E-state index < -0.39 is 19.2 Å². The monoisotopic (exact) mass is 350 g/mol. The van der Waals surface area contributed by atoms with Crippen LogP contribution in [0.5, 0.6) is 0 Å². The molecule has 0 radical (unpaired) electrons. The van der Waals surface area contributed by atoms with Gasteiger partial charge in [0.1, 0.15) is 0 Å². The molecule has 0 bridgehead atoms. The summed E-state index contributed by atoms with van der Waals surface area (Å²) < 4.78 is 1.21. The molecule has 0 aliphatic heterocycles. The van der Waals surface area contributed by atoms with E-state index >= 15 is 0 Å². The summed E-state index contributed by atoms with van der Waals surface area (Å²) >= 11 is -2.38. The molecule has 1 N–H and O–H groups in total. The first kappa shape index (κ1) is 18.0. The Morgan fingerprint density at radius 2 is 1.52 bits per heavy atom. The van der Waals surface area contributed by atoms with Gasteiger partial charge in [-0.05, 0) is 0 Å². The molecule has 0 fully saturated rings. The summed E-state index contributed by atoms with van der Waals surface area (Å²) in [4.78, 5) is 11.9. The van der Waals surface area contributed by atoms with Gasteiger partial charge in [-0.15, -0.1) is 0 Å². The third-order valence-corrected chi connectivity index (χ3v) is 16.6. The van der Waals surface area contributed by atoms with E-state index in [9.17, 15) is 9.90 Å². The topological polar surface area (TPSA) is 37.3 Å². The number of benzene rings is 1. The molecular weight excluding hydrogens is 321 g/mol. The van der Waals surface area contributed by atoms with Gasteiger partial charge >= 0.3 is 131 Å². The van der Waals surface area contributed by atoms with E-state index in [-0.39, 0.29) is 5.92 Å². The second-order valence-electron chi connectivity index (χ2n) is 5.96. The van der Waals surface area contributed by atoms with Gasteiger partial charge in [0.15, 0.2) is 0 Å². The van der Waals surface area contributed by atoms with Crippen molar-refractivity contribution in [3.63, 3.8) is 0 Å². The molecule has 0 spiro atoms. The van der Waals surface area contributed by atoms with Gasteiger partial charge < -0.3 is 0 Å². The van der Waals surface area contributed by atoms with Crippen molar-refractivity contribution >= 4 is 23.6 Å². The summed E-state index contributed by atoms with van der Waals surface area (Å²) in [7, 11) is 0. The van der Waals surface area contributed by atoms with Crippen LogP contribution in [0, 0.1) is 5.92 Å². The second-order valence-corrected chi connectivity index (χ2v) is 16.8. The molecule has 0 aliphatic carbocycles. The summed E-state index contributed by atoms with van der Waals surface area (Å²) in [6.07, 6.45) is 0. The van der Waals surface area contributed by atoms with Crippen LogP contribution in [0.1, 0.15) is 40.2 Å². The molecule has 0 saturated heterocycles. The summed E-state index contributed by atoms with van der Waals surface area (Å²) in [5.74, 6) is -0.693. The van der Waals surface area contributed by atoms with Crippen LogP contribution in [0.2, 0.25) is 15.8 Å². The van der Waals surface area contributed by atoms with Gasteiger partial charge in [-0.1, -0.05) is 0 Å². The van der Waals surface area contributed by atoms with E-state index in [1.54, 1.807) is 0 Å². The quantitative estimate of drug-likeness (QED) is 0.541. The minimum absolute atomic E-state index is 0.0485. The molecule has 2 nitrogen and oxygen atoms in total. The van der Waals surface area contributed by atoms with Crippen molar-refractivity contribution in [2.24, 2.45) is 5.92 Å². The molecule has 0 amide bonds. The fourth-order valence-electron chi connectivity index (χ4n) is 3.28. The van der Waals surface area contributed by atoms with E-state index in [0.717, 1.165) is 21.3 Å². The van der Waals surface area contributed by atoms with Gasteiger partial charge in [-0.25, -0.2) is 0 Å². The van der Waals surface area contributed by atoms with Crippen molar-refractivity contribution in [1.82, 2.24) is 0 Å². The Balaban J connectivity index is 3.73. The van der Waals surface area contributed by atoms with E-state index in [4.69, 9.17) is 0 Å². The number of hydrogen-bond acceptors (Lipinski definition) is 1. The molecule has 0 aliphatic rings. The number of hydrogen-bond donors (Lipinski definition) is 1. The molecule has 0 atom stereocenters. The van der Waals surface area contributed by atoms with Crippen LogP contribution in [-0.4, -0.2) is 24.3 Å². The minimum atomic E-state index is -2.38. The fourth-order valence-corrected chi connectivity index (χ4v) is 12.3. The molecule has 0 aromatic heterocycles. The van der Waals surface area contributed by atoms with E-state index in [1.807, 2.05) is 32.0 Å². The first-order valence-corrected chi connectivity index (χ1v) is 13.5. The first-order valence-electron chi connectivity index (χ1n) is 7.96. The van der Waals surface area contributed by atoms with Crippen LogP contribution in [0.4, 0.5) is 0 Å². The zero-order valence-electron chi connectivity index (χ0n) is 13.9. The third kappa shape index (κ3) is 3.79. The summed E-state index contributed by atoms with van der Waals surface area (Å²) in [5.41, 5.74) is 1.78. The van der Waals surface area contributed by atoms with Gasteiger partial charge in [-0.3, -0.25) is 0 Å². The van der Waals surface area contributed by atoms with Crippen molar-refractivity contribution in [2.45, 2.75) is 50.4 Å². The molecule has 3 heteroatoms. The molecule has 1 rings (SSSR count). The average Bonchev–Trinajstić information content (AvgIpc) is 2.48. The standard InChI is InChI=1S/C18H28GeO2/c1-6-19(7-2,8-3)17(15-12-10-9-11-13-15)16(14(4)5)18(20)21/h9-14H,6-8H2,1-5H3,(H,20,21)/b17-16-. The number of carboxylic acids is 1. The Labute approximate surface area is 131 Å². The van der Waals surface area contributed by atoms with Gasteiger partial charge in [0.25, 0.3) is 0 Å². The summed E-state index contributed by atoms with van der Waals surface area (Å²) in [6.45, 7) is 10.7. The molecule has 0 saturated carbocycles. The Kier molecular flexibility index (Phi) is 6.72. The van der Waals surface area contributed by atoms with Crippen LogP contribution in [0.3, 0.4) is 0 Å². The van der Waals surface area contributed by atoms with Crippen molar-refractivity contribution in [1.29, 1.82) is 0 Å². The molecular formula is C18H28GeO2. The fraction of sp³-hybridized carbons (Fsp3) is 0.500. The van der Waals surface area contributed by atoms with Gasteiger partial charge in [0.05, 0.1) is 0 Å². The number of aliphatic carboxylic acids is 1. The average molecular weight is 349 g/mol. The second kappa shape index (κ2) is 7.83. The van der Waals surface area contributed by atoms with E-state index in [2.05, 4.69) is 32.9 Å². The SMILES string of the molecule is C[CH2][Ge]([CH2]C)([CH2]C)/[C](=C(\C(=O)O)C(C)C)c1ccccc1. The normalized spacial score (nSPS) is 13.2. The zero-order chi connectivity index (χ0) is 16.0. The van der Waals surface area contributed by atoms with Crippen LogP contribution < -0.4 is 0 Å². The molecule has 1 aromatic rings. The molecule has 1 aromatic carbocycles. The van der Waals surface area contributed by atoms with Crippen LogP contribution >= 0.6 is 0 Å². The van der Waals surface area contributed by atoms with Crippen LogP contribution in [-0.2, 0) is 4.79 Å². The maximum absolute atomic E-state index is 11.9. The van der Waals surface area contributed by atoms with Crippen molar-refractivity contribution in [3.8, 4) is 0 Å². The van der Waals surface area contributed by atoms with Crippen molar-refractivity contribution < 1.29 is 9.90 Å². The maximum atomic E-state index is 11.9. The van der Waals surface area contributed by atoms with Gasteiger partial charge in [-0.2, -0.15) is 0 Å². The number of carbonyl (C=O) groups is 1.